The minimum atomic E-state index is -0.386. The minimum absolute atomic E-state index is 0.0163. The van der Waals surface area contributed by atoms with Gasteiger partial charge in [-0.3, -0.25) is 14.5 Å². The summed E-state index contributed by atoms with van der Waals surface area (Å²) in [5.74, 6) is -0.264. The maximum Gasteiger partial charge on any atom is 0.324 e. The number of carbonyl (C=O) groups is 3. The number of nitrogens with one attached hydrogen (secondary N) is 2. The molecule has 2 aliphatic rings. The summed E-state index contributed by atoms with van der Waals surface area (Å²) >= 11 is 0. The molecule has 0 aliphatic carbocycles. The van der Waals surface area contributed by atoms with Gasteiger partial charge in [-0.2, -0.15) is 0 Å². The topological polar surface area (TPSA) is 81.8 Å². The Morgan fingerprint density at radius 3 is 2.87 bits per heavy atom. The van der Waals surface area contributed by atoms with E-state index in [0.29, 0.717) is 18.7 Å². The van der Waals surface area contributed by atoms with E-state index >= 15 is 0 Å². The van der Waals surface area contributed by atoms with Crippen molar-refractivity contribution < 1.29 is 14.4 Å². The summed E-state index contributed by atoms with van der Waals surface area (Å²) in [6.07, 6.45) is 0. The summed E-state index contributed by atoms with van der Waals surface area (Å²) in [5, 5.41) is 5.79. The highest BCUT2D eigenvalue weighted by Crippen LogP contribution is 2.14. The van der Waals surface area contributed by atoms with Crippen molar-refractivity contribution in [3.05, 3.63) is 35.4 Å². The van der Waals surface area contributed by atoms with E-state index in [1.807, 2.05) is 17.9 Å². The Labute approximate surface area is 134 Å². The highest BCUT2D eigenvalue weighted by atomic mass is 16.2. The van der Waals surface area contributed by atoms with Crippen LogP contribution >= 0.6 is 0 Å². The maximum atomic E-state index is 12.6. The van der Waals surface area contributed by atoms with Gasteiger partial charge < -0.3 is 15.5 Å². The molecule has 2 N–H and O–H groups in total. The van der Waals surface area contributed by atoms with Gasteiger partial charge in [0.2, 0.25) is 5.91 Å². The van der Waals surface area contributed by atoms with E-state index < -0.39 is 0 Å². The van der Waals surface area contributed by atoms with Crippen LogP contribution in [-0.2, 0) is 11.3 Å². The normalized spacial score (nSPS) is 21.5. The molecule has 23 heavy (non-hydrogen) atoms. The van der Waals surface area contributed by atoms with Gasteiger partial charge in [0.05, 0.1) is 13.1 Å². The quantitative estimate of drug-likeness (QED) is 0.779. The number of piperazine rings is 1. The Bertz CT molecular complexity index is 630. The van der Waals surface area contributed by atoms with E-state index in [0.717, 1.165) is 17.0 Å². The van der Waals surface area contributed by atoms with Gasteiger partial charge >= 0.3 is 6.03 Å². The zero-order chi connectivity index (χ0) is 16.4. The lowest BCUT2D eigenvalue weighted by molar-refractivity contribution is -0.125. The molecule has 2 heterocycles. The standard InChI is InChI=1S/C16H20N4O3/c1-11-9-19(6-5-17-11)15(22)13-4-2-3-12(7-13)10-20-14(21)8-18-16(20)23/h2-4,7,11,17H,5-6,8-10H2,1H3,(H,18,23)/t11-/m1/s1. The molecule has 0 spiro atoms. The third-order valence-corrected chi connectivity index (χ3v) is 4.11. The molecule has 1 aromatic carbocycles. The molecule has 7 nitrogen and oxygen atoms in total. The van der Waals surface area contributed by atoms with Gasteiger partial charge in [0, 0.05) is 31.2 Å². The molecule has 0 saturated carbocycles. The van der Waals surface area contributed by atoms with Gasteiger partial charge in [-0.05, 0) is 24.6 Å². The number of rotatable bonds is 3. The van der Waals surface area contributed by atoms with Crippen molar-refractivity contribution in [2.75, 3.05) is 26.2 Å². The van der Waals surface area contributed by atoms with Crippen molar-refractivity contribution in [2.24, 2.45) is 0 Å². The van der Waals surface area contributed by atoms with E-state index in [1.165, 1.54) is 0 Å². The fraction of sp³-hybridized carbons (Fsp3) is 0.438. The van der Waals surface area contributed by atoms with Crippen LogP contribution in [0.2, 0.25) is 0 Å². The van der Waals surface area contributed by atoms with Crippen LogP contribution in [0.3, 0.4) is 0 Å². The number of amides is 4. The molecule has 1 aromatic rings. The average Bonchev–Trinajstić information content (AvgIpc) is 2.86. The van der Waals surface area contributed by atoms with Crippen molar-refractivity contribution in [1.29, 1.82) is 0 Å². The molecule has 7 heteroatoms. The van der Waals surface area contributed by atoms with Gasteiger partial charge in [-0.15, -0.1) is 0 Å². The van der Waals surface area contributed by atoms with Crippen molar-refractivity contribution in [3.63, 3.8) is 0 Å². The summed E-state index contributed by atoms with van der Waals surface area (Å²) in [6, 6.07) is 7.02. The number of nitrogens with zero attached hydrogens (tertiary/aromatic N) is 2. The second-order valence-corrected chi connectivity index (χ2v) is 5.95. The lowest BCUT2D eigenvalue weighted by Crippen LogP contribution is -2.51. The van der Waals surface area contributed by atoms with Gasteiger partial charge in [0.1, 0.15) is 0 Å². The average molecular weight is 316 g/mol. The Morgan fingerprint density at radius 2 is 2.17 bits per heavy atom. The van der Waals surface area contributed by atoms with Crippen LogP contribution in [-0.4, -0.2) is 59.9 Å². The number of hydrogen-bond donors (Lipinski definition) is 2. The molecule has 2 saturated heterocycles. The van der Waals surface area contributed by atoms with Crippen molar-refractivity contribution in [2.45, 2.75) is 19.5 Å². The molecule has 3 rings (SSSR count). The summed E-state index contributed by atoms with van der Waals surface area (Å²) in [7, 11) is 0. The molecule has 122 valence electrons. The number of hydrogen-bond acceptors (Lipinski definition) is 4. The first-order chi connectivity index (χ1) is 11.0. The highest BCUT2D eigenvalue weighted by Gasteiger charge is 2.28. The lowest BCUT2D eigenvalue weighted by Gasteiger charge is -2.32. The molecule has 2 aliphatic heterocycles. The van der Waals surface area contributed by atoms with Crippen molar-refractivity contribution in [1.82, 2.24) is 20.4 Å². The first kappa shape index (κ1) is 15.5. The zero-order valence-electron chi connectivity index (χ0n) is 13.0. The minimum Gasteiger partial charge on any atom is -0.336 e. The predicted octanol–water partition coefficient (Wildman–Crippen LogP) is 0.172. The Balaban J connectivity index is 1.73. The SMILES string of the molecule is C[C@@H]1CN(C(=O)c2cccc(CN3C(=O)CNC3=O)c2)CCN1. The number of imide groups is 1. The smallest absolute Gasteiger partial charge is 0.324 e. The molecule has 0 bridgehead atoms. The summed E-state index contributed by atoms with van der Waals surface area (Å²) < 4.78 is 0. The van der Waals surface area contributed by atoms with Crippen LogP contribution < -0.4 is 10.6 Å². The number of urea groups is 1. The molecule has 4 amide bonds. The van der Waals surface area contributed by atoms with Crippen molar-refractivity contribution >= 4 is 17.8 Å². The van der Waals surface area contributed by atoms with Gasteiger partial charge in [0.25, 0.3) is 5.91 Å². The third-order valence-electron chi connectivity index (χ3n) is 4.11. The molecule has 0 unspecified atom stereocenters. The van der Waals surface area contributed by atoms with E-state index in [2.05, 4.69) is 10.6 Å². The largest absolute Gasteiger partial charge is 0.336 e. The fourth-order valence-electron chi connectivity index (χ4n) is 2.90. The van der Waals surface area contributed by atoms with Gasteiger partial charge in [-0.25, -0.2) is 4.79 Å². The second kappa shape index (κ2) is 6.37. The molecule has 0 radical (unpaired) electrons. The van der Waals surface area contributed by atoms with Gasteiger partial charge in [-0.1, -0.05) is 12.1 Å². The highest BCUT2D eigenvalue weighted by molar-refractivity contribution is 6.02. The predicted molar refractivity (Wildman–Crippen MR) is 83.8 cm³/mol. The van der Waals surface area contributed by atoms with Crippen LogP contribution in [0, 0.1) is 0 Å². The van der Waals surface area contributed by atoms with Crippen molar-refractivity contribution in [3.8, 4) is 0 Å². The van der Waals surface area contributed by atoms with Crippen LogP contribution in [0.5, 0.6) is 0 Å². The monoisotopic (exact) mass is 316 g/mol. The first-order valence-corrected chi connectivity index (χ1v) is 7.74. The van der Waals surface area contributed by atoms with Crippen LogP contribution in [0.25, 0.3) is 0 Å². The van der Waals surface area contributed by atoms with E-state index in [9.17, 15) is 14.4 Å². The summed E-state index contributed by atoms with van der Waals surface area (Å²) in [4.78, 5) is 38.8. The van der Waals surface area contributed by atoms with Crippen LogP contribution in [0.15, 0.2) is 24.3 Å². The third kappa shape index (κ3) is 3.34. The van der Waals surface area contributed by atoms with E-state index in [1.54, 1.807) is 18.2 Å². The first-order valence-electron chi connectivity index (χ1n) is 7.74. The number of carbonyl (C=O) groups excluding carboxylic acids is 3. The molecule has 2 fully saturated rings. The molecule has 1 atom stereocenters. The summed E-state index contributed by atoms with van der Waals surface area (Å²) in [5.41, 5.74) is 1.35. The lowest BCUT2D eigenvalue weighted by atomic mass is 10.1. The molecular weight excluding hydrogens is 296 g/mol. The molecular formula is C16H20N4O3. The molecule has 0 aromatic heterocycles. The van der Waals surface area contributed by atoms with Crippen LogP contribution in [0.4, 0.5) is 4.79 Å². The Kier molecular flexibility index (Phi) is 4.29. The Morgan fingerprint density at radius 1 is 1.35 bits per heavy atom. The second-order valence-electron chi connectivity index (χ2n) is 5.95. The van der Waals surface area contributed by atoms with Gasteiger partial charge in [0.15, 0.2) is 0 Å². The maximum absolute atomic E-state index is 12.6. The van der Waals surface area contributed by atoms with E-state index in [-0.39, 0.29) is 37.0 Å². The summed E-state index contributed by atoms with van der Waals surface area (Å²) in [6.45, 7) is 4.42. The zero-order valence-corrected chi connectivity index (χ0v) is 13.0. The number of benzene rings is 1. The Hall–Kier alpha value is -2.41. The fourth-order valence-corrected chi connectivity index (χ4v) is 2.90. The van der Waals surface area contributed by atoms with Crippen LogP contribution in [0.1, 0.15) is 22.8 Å². The van der Waals surface area contributed by atoms with E-state index in [4.69, 9.17) is 0 Å².